The first-order chi connectivity index (χ1) is 19.8. The van der Waals surface area contributed by atoms with Crippen LogP contribution in [-0.4, -0.2) is 91.9 Å². The van der Waals surface area contributed by atoms with Crippen molar-refractivity contribution in [2.75, 3.05) is 85.9 Å². The maximum atomic E-state index is 11.6. The first kappa shape index (κ1) is 39.2. The molecule has 0 bridgehead atoms. The molecule has 0 saturated heterocycles. The van der Waals surface area contributed by atoms with Gasteiger partial charge in [-0.3, -0.25) is 4.79 Å². The fourth-order valence-corrected chi connectivity index (χ4v) is 4.05. The summed E-state index contributed by atoms with van der Waals surface area (Å²) < 4.78 is 38.2. The van der Waals surface area contributed by atoms with Crippen molar-refractivity contribution in [2.45, 2.75) is 117 Å². The van der Waals surface area contributed by atoms with Crippen LogP contribution in [0.3, 0.4) is 0 Å². The summed E-state index contributed by atoms with van der Waals surface area (Å²) in [6.45, 7) is 11.5. The molecule has 0 amide bonds. The molecule has 0 N–H and O–H groups in total. The molecule has 8 heteroatoms. The van der Waals surface area contributed by atoms with Crippen LogP contribution in [0.5, 0.6) is 0 Å². The molecule has 0 aromatic rings. The maximum absolute atomic E-state index is 11.6. The van der Waals surface area contributed by atoms with Crippen LogP contribution >= 0.6 is 0 Å². The summed E-state index contributed by atoms with van der Waals surface area (Å²) in [5.41, 5.74) is 0. The van der Waals surface area contributed by atoms with Crippen LogP contribution in [-0.2, 0) is 38.0 Å². The second kappa shape index (κ2) is 36.3. The van der Waals surface area contributed by atoms with Gasteiger partial charge in [-0.2, -0.15) is 0 Å². The highest BCUT2D eigenvalue weighted by Gasteiger charge is 2.02. The minimum atomic E-state index is -0.135. The molecule has 0 aliphatic rings. The maximum Gasteiger partial charge on any atom is 0.305 e. The van der Waals surface area contributed by atoms with Crippen molar-refractivity contribution in [1.29, 1.82) is 0 Å². The highest BCUT2D eigenvalue weighted by atomic mass is 16.6. The molecule has 0 aliphatic carbocycles. The van der Waals surface area contributed by atoms with Crippen molar-refractivity contribution in [1.82, 2.24) is 0 Å². The lowest BCUT2D eigenvalue weighted by atomic mass is 10.1. The third-order valence-corrected chi connectivity index (χ3v) is 6.48. The fourth-order valence-electron chi connectivity index (χ4n) is 4.05. The van der Waals surface area contributed by atoms with E-state index in [-0.39, 0.29) is 5.97 Å². The second-order valence-electron chi connectivity index (χ2n) is 10.2. The van der Waals surface area contributed by atoms with E-state index in [1.54, 1.807) is 0 Å². The smallest absolute Gasteiger partial charge is 0.305 e. The average Bonchev–Trinajstić information content (AvgIpc) is 2.96. The third kappa shape index (κ3) is 35.3. The van der Waals surface area contributed by atoms with Crippen LogP contribution in [0, 0.1) is 0 Å². The number of carbonyl (C=O) groups is 1. The molecule has 0 fully saturated rings. The molecule has 0 aromatic heterocycles. The normalized spacial score (nSPS) is 11.3. The van der Waals surface area contributed by atoms with Crippen LogP contribution in [0.2, 0.25) is 0 Å². The predicted octanol–water partition coefficient (Wildman–Crippen LogP) is 6.91. The summed E-state index contributed by atoms with van der Waals surface area (Å²) in [6, 6.07) is 0. The van der Waals surface area contributed by atoms with Gasteiger partial charge in [0.15, 0.2) is 0 Å². The molecular formula is C32H64O8. The highest BCUT2D eigenvalue weighted by molar-refractivity contribution is 5.69. The Morgan fingerprint density at radius 2 is 0.650 bits per heavy atom. The lowest BCUT2D eigenvalue weighted by Gasteiger charge is -2.08. The topological polar surface area (TPSA) is 81.7 Å². The molecule has 0 spiro atoms. The van der Waals surface area contributed by atoms with Gasteiger partial charge in [-0.15, -0.1) is 0 Å². The van der Waals surface area contributed by atoms with E-state index in [0.717, 1.165) is 25.9 Å². The minimum absolute atomic E-state index is 0.135. The summed E-state index contributed by atoms with van der Waals surface area (Å²) in [5.74, 6) is -0.135. The molecule has 40 heavy (non-hydrogen) atoms. The molecule has 0 atom stereocenters. The van der Waals surface area contributed by atoms with Gasteiger partial charge in [-0.05, 0) is 12.8 Å². The summed E-state index contributed by atoms with van der Waals surface area (Å²) in [4.78, 5) is 11.6. The van der Waals surface area contributed by atoms with Crippen molar-refractivity contribution in [3.63, 3.8) is 0 Å². The van der Waals surface area contributed by atoms with E-state index < -0.39 is 0 Å². The molecular weight excluding hydrogens is 512 g/mol. The lowest BCUT2D eigenvalue weighted by molar-refractivity contribution is -0.145. The highest BCUT2D eigenvalue weighted by Crippen LogP contribution is 2.10. The predicted molar refractivity (Wildman–Crippen MR) is 161 cm³/mol. The number of hydrogen-bond acceptors (Lipinski definition) is 8. The molecule has 0 aromatic carbocycles. The Bertz CT molecular complexity index is 478. The Labute approximate surface area is 246 Å². The van der Waals surface area contributed by atoms with Crippen molar-refractivity contribution in [3.8, 4) is 0 Å². The molecule has 240 valence electrons. The molecule has 0 radical (unpaired) electrons. The van der Waals surface area contributed by atoms with Gasteiger partial charge in [-0.25, -0.2) is 0 Å². The standard InChI is InChI=1S/C32H64O8/c1-3-5-7-9-10-11-12-13-15-17-19-34-20-21-35-22-23-36-24-25-37-26-27-38-28-29-39-30-31-40-32(33)18-16-14-8-6-4-2/h3-31H2,1-2H3. The van der Waals surface area contributed by atoms with E-state index in [4.69, 9.17) is 33.2 Å². The van der Waals surface area contributed by atoms with Crippen molar-refractivity contribution >= 4 is 5.97 Å². The van der Waals surface area contributed by atoms with E-state index in [1.807, 2.05) is 0 Å². The van der Waals surface area contributed by atoms with Gasteiger partial charge >= 0.3 is 5.97 Å². The number of unbranched alkanes of at least 4 members (excludes halogenated alkanes) is 13. The Hall–Kier alpha value is -0.770. The average molecular weight is 577 g/mol. The molecule has 0 heterocycles. The van der Waals surface area contributed by atoms with E-state index in [2.05, 4.69) is 13.8 Å². The van der Waals surface area contributed by atoms with Gasteiger partial charge < -0.3 is 33.2 Å². The lowest BCUT2D eigenvalue weighted by Crippen LogP contribution is -2.15. The number of esters is 1. The molecule has 0 rings (SSSR count). The zero-order valence-corrected chi connectivity index (χ0v) is 26.3. The minimum Gasteiger partial charge on any atom is -0.463 e. The molecule has 8 nitrogen and oxygen atoms in total. The van der Waals surface area contributed by atoms with Crippen LogP contribution in [0.25, 0.3) is 0 Å². The largest absolute Gasteiger partial charge is 0.463 e. The van der Waals surface area contributed by atoms with Crippen LogP contribution in [0.4, 0.5) is 0 Å². The fraction of sp³-hybridized carbons (Fsp3) is 0.969. The van der Waals surface area contributed by atoms with Gasteiger partial charge in [0, 0.05) is 13.0 Å². The first-order valence-corrected chi connectivity index (χ1v) is 16.4. The van der Waals surface area contributed by atoms with Crippen LogP contribution in [0.15, 0.2) is 0 Å². The second-order valence-corrected chi connectivity index (χ2v) is 10.2. The zero-order valence-electron chi connectivity index (χ0n) is 26.3. The SMILES string of the molecule is CCCCCCCCCCCCOCCOCCOCCOCCOCCOCCOC(=O)CCCCCCC. The molecule has 0 aliphatic heterocycles. The van der Waals surface area contributed by atoms with Crippen LogP contribution in [0.1, 0.15) is 117 Å². The van der Waals surface area contributed by atoms with Gasteiger partial charge in [0.25, 0.3) is 0 Å². The summed E-state index contributed by atoms with van der Waals surface area (Å²) in [6.07, 6.45) is 19.6. The number of carbonyl (C=O) groups excluding carboxylic acids is 1. The van der Waals surface area contributed by atoms with Gasteiger partial charge in [-0.1, -0.05) is 97.3 Å². The molecule has 0 saturated carbocycles. The first-order valence-electron chi connectivity index (χ1n) is 16.4. The van der Waals surface area contributed by atoms with Crippen LogP contribution < -0.4 is 0 Å². The molecule has 0 unspecified atom stereocenters. The van der Waals surface area contributed by atoms with Crippen molar-refractivity contribution in [2.24, 2.45) is 0 Å². The summed E-state index contributed by atoms with van der Waals surface area (Å²) in [7, 11) is 0. The van der Waals surface area contributed by atoms with E-state index in [0.29, 0.717) is 85.7 Å². The Kier molecular flexibility index (Phi) is 35.6. The van der Waals surface area contributed by atoms with Gasteiger partial charge in [0.05, 0.1) is 72.7 Å². The number of ether oxygens (including phenoxy) is 7. The van der Waals surface area contributed by atoms with Gasteiger partial charge in [0.1, 0.15) is 6.61 Å². The third-order valence-electron chi connectivity index (χ3n) is 6.48. The van der Waals surface area contributed by atoms with Crippen molar-refractivity contribution in [3.05, 3.63) is 0 Å². The summed E-state index contributed by atoms with van der Waals surface area (Å²) >= 11 is 0. The van der Waals surface area contributed by atoms with Gasteiger partial charge in [0.2, 0.25) is 0 Å². The Morgan fingerprint density at radius 1 is 0.350 bits per heavy atom. The number of hydrogen-bond donors (Lipinski definition) is 0. The quantitative estimate of drug-likeness (QED) is 0.0595. The van der Waals surface area contributed by atoms with E-state index >= 15 is 0 Å². The Morgan fingerprint density at radius 3 is 1.05 bits per heavy atom. The summed E-state index contributed by atoms with van der Waals surface area (Å²) in [5, 5.41) is 0. The number of rotatable bonds is 35. The van der Waals surface area contributed by atoms with E-state index in [1.165, 1.54) is 77.0 Å². The van der Waals surface area contributed by atoms with Crippen molar-refractivity contribution < 1.29 is 38.0 Å². The zero-order chi connectivity index (χ0) is 29.0. The van der Waals surface area contributed by atoms with E-state index in [9.17, 15) is 4.79 Å². The Balaban J connectivity index is 3.08. The monoisotopic (exact) mass is 576 g/mol.